The molecular weight excluding hydrogens is 292 g/mol. The molecule has 2 aliphatic carbocycles. The van der Waals surface area contributed by atoms with Crippen molar-refractivity contribution < 1.29 is 9.90 Å². The predicted molar refractivity (Wildman–Crippen MR) is 87.4 cm³/mol. The highest BCUT2D eigenvalue weighted by atomic mass is 16.4. The lowest BCUT2D eigenvalue weighted by molar-refractivity contribution is 0.0690. The maximum absolute atomic E-state index is 11.0. The van der Waals surface area contributed by atoms with Crippen molar-refractivity contribution in [2.45, 2.75) is 83.3 Å². The van der Waals surface area contributed by atoms with E-state index in [4.69, 9.17) is 5.11 Å². The first-order chi connectivity index (χ1) is 10.9. The Kier molecular flexibility index (Phi) is 4.71. The van der Waals surface area contributed by atoms with E-state index in [0.29, 0.717) is 17.5 Å². The average Bonchev–Trinajstić information content (AvgIpc) is 2.96. The summed E-state index contributed by atoms with van der Waals surface area (Å²) in [5.74, 6) is -1.01. The number of carboxylic acids is 1. The fourth-order valence-corrected chi connectivity index (χ4v) is 4.30. The van der Waals surface area contributed by atoms with Gasteiger partial charge in [0.2, 0.25) is 0 Å². The monoisotopic (exact) mass is 320 g/mol. The zero-order chi connectivity index (χ0) is 16.4. The van der Waals surface area contributed by atoms with Gasteiger partial charge in [-0.1, -0.05) is 38.3 Å². The molecule has 3 atom stereocenters. The molecule has 6 heteroatoms. The third kappa shape index (κ3) is 3.91. The molecule has 2 N–H and O–H groups in total. The van der Waals surface area contributed by atoms with E-state index >= 15 is 0 Å². The highest BCUT2D eigenvalue weighted by Gasteiger charge is 2.33. The van der Waals surface area contributed by atoms with Crippen LogP contribution in [0.25, 0.3) is 0 Å². The van der Waals surface area contributed by atoms with E-state index < -0.39 is 5.97 Å². The lowest BCUT2D eigenvalue weighted by Crippen LogP contribution is -2.48. The van der Waals surface area contributed by atoms with Gasteiger partial charge in [-0.3, -0.25) is 0 Å². The predicted octanol–water partition coefficient (Wildman–Crippen LogP) is 3.02. The molecule has 0 bridgehead atoms. The second-order valence-corrected chi connectivity index (χ2v) is 7.97. The van der Waals surface area contributed by atoms with Gasteiger partial charge in [-0.2, -0.15) is 0 Å². The molecule has 0 radical (unpaired) electrons. The Bertz CT molecular complexity index is 555. The lowest BCUT2D eigenvalue weighted by atomic mass is 9.74. The van der Waals surface area contributed by atoms with Crippen LogP contribution in [0.4, 0.5) is 0 Å². The molecule has 0 saturated heterocycles. The molecule has 1 heterocycles. The highest BCUT2D eigenvalue weighted by Crippen LogP contribution is 2.37. The van der Waals surface area contributed by atoms with Crippen LogP contribution in [0, 0.1) is 5.41 Å². The summed E-state index contributed by atoms with van der Waals surface area (Å²) >= 11 is 0. The summed E-state index contributed by atoms with van der Waals surface area (Å²) in [7, 11) is 0. The van der Waals surface area contributed by atoms with Crippen LogP contribution < -0.4 is 5.32 Å². The van der Waals surface area contributed by atoms with Gasteiger partial charge in [-0.25, -0.2) is 9.48 Å². The molecule has 0 aromatic carbocycles. The molecule has 1 unspecified atom stereocenters. The third-order valence-electron chi connectivity index (χ3n) is 5.45. The first kappa shape index (κ1) is 16.4. The van der Waals surface area contributed by atoms with Crippen molar-refractivity contribution >= 4 is 5.97 Å². The van der Waals surface area contributed by atoms with E-state index in [1.165, 1.54) is 38.5 Å². The normalized spacial score (nSPS) is 31.0. The van der Waals surface area contributed by atoms with Crippen LogP contribution in [0.15, 0.2) is 6.20 Å². The largest absolute Gasteiger partial charge is 0.476 e. The molecule has 2 fully saturated rings. The van der Waals surface area contributed by atoms with Gasteiger partial charge >= 0.3 is 5.97 Å². The molecule has 2 aliphatic rings. The van der Waals surface area contributed by atoms with Gasteiger partial charge < -0.3 is 10.4 Å². The molecule has 0 spiro atoms. The minimum Gasteiger partial charge on any atom is -0.476 e. The number of rotatable bonds is 4. The molecule has 1 aromatic heterocycles. The van der Waals surface area contributed by atoms with Crippen molar-refractivity contribution in [3.05, 3.63) is 11.9 Å². The smallest absolute Gasteiger partial charge is 0.358 e. The number of nitrogens with one attached hydrogen (secondary N) is 1. The molecular formula is C17H28N4O2. The van der Waals surface area contributed by atoms with Crippen LogP contribution in [0.5, 0.6) is 0 Å². The highest BCUT2D eigenvalue weighted by molar-refractivity contribution is 5.84. The third-order valence-corrected chi connectivity index (χ3v) is 5.45. The number of carbonyl (C=O) groups is 1. The number of hydrogen-bond acceptors (Lipinski definition) is 4. The van der Waals surface area contributed by atoms with E-state index in [0.717, 1.165) is 12.8 Å². The van der Waals surface area contributed by atoms with Crippen LogP contribution >= 0.6 is 0 Å². The first-order valence-corrected chi connectivity index (χ1v) is 8.86. The fraction of sp³-hybridized carbons (Fsp3) is 0.824. The van der Waals surface area contributed by atoms with Gasteiger partial charge in [-0.15, -0.1) is 5.10 Å². The second-order valence-electron chi connectivity index (χ2n) is 7.97. The minimum absolute atomic E-state index is 0.0353. The van der Waals surface area contributed by atoms with E-state index in [9.17, 15) is 4.79 Å². The van der Waals surface area contributed by atoms with Crippen molar-refractivity contribution in [1.82, 2.24) is 20.3 Å². The number of hydrogen-bond donors (Lipinski definition) is 2. The Labute approximate surface area is 137 Å². The van der Waals surface area contributed by atoms with Gasteiger partial charge in [0.15, 0.2) is 5.69 Å². The summed E-state index contributed by atoms with van der Waals surface area (Å²) in [5.41, 5.74) is 0.456. The Morgan fingerprint density at radius 3 is 2.78 bits per heavy atom. The number of nitrogens with zero attached hydrogens (tertiary/aromatic N) is 3. The van der Waals surface area contributed by atoms with Crippen LogP contribution in [0.3, 0.4) is 0 Å². The van der Waals surface area contributed by atoms with Crippen LogP contribution in [-0.2, 0) is 0 Å². The maximum atomic E-state index is 11.0. The van der Waals surface area contributed by atoms with Gasteiger partial charge in [0.05, 0.1) is 12.2 Å². The molecule has 128 valence electrons. The molecule has 23 heavy (non-hydrogen) atoms. The summed E-state index contributed by atoms with van der Waals surface area (Å²) in [6, 6.07) is 1.15. The first-order valence-electron chi connectivity index (χ1n) is 8.86. The van der Waals surface area contributed by atoms with Crippen LogP contribution in [0.2, 0.25) is 0 Å². The maximum Gasteiger partial charge on any atom is 0.358 e. The van der Waals surface area contributed by atoms with Gasteiger partial charge in [0, 0.05) is 12.1 Å². The van der Waals surface area contributed by atoms with Crippen molar-refractivity contribution in [3.8, 4) is 0 Å². The van der Waals surface area contributed by atoms with Crippen LogP contribution in [-0.4, -0.2) is 38.2 Å². The quantitative estimate of drug-likeness (QED) is 0.891. The molecule has 0 aliphatic heterocycles. The Morgan fingerprint density at radius 2 is 2.09 bits per heavy atom. The van der Waals surface area contributed by atoms with Crippen molar-refractivity contribution in [2.24, 2.45) is 5.41 Å². The summed E-state index contributed by atoms with van der Waals surface area (Å²) in [5, 5.41) is 20.8. The van der Waals surface area contributed by atoms with Crippen molar-refractivity contribution in [1.29, 1.82) is 0 Å². The molecule has 1 aromatic rings. The zero-order valence-electron chi connectivity index (χ0n) is 14.2. The summed E-state index contributed by atoms with van der Waals surface area (Å²) in [6.07, 6.45) is 11.2. The zero-order valence-corrected chi connectivity index (χ0v) is 14.2. The number of carboxylic acid groups (broad SMARTS) is 1. The summed E-state index contributed by atoms with van der Waals surface area (Å²) in [6.45, 7) is 4.71. The average molecular weight is 320 g/mol. The number of aromatic carboxylic acids is 1. The second kappa shape index (κ2) is 6.59. The molecule has 6 nitrogen and oxygen atoms in total. The van der Waals surface area contributed by atoms with E-state index in [1.54, 1.807) is 10.9 Å². The van der Waals surface area contributed by atoms with Crippen molar-refractivity contribution in [3.63, 3.8) is 0 Å². The molecule has 3 rings (SSSR count). The van der Waals surface area contributed by atoms with Gasteiger partial charge in [-0.05, 0) is 37.5 Å². The van der Waals surface area contributed by atoms with Gasteiger partial charge in [0.25, 0.3) is 0 Å². The summed E-state index contributed by atoms with van der Waals surface area (Å²) < 4.78 is 1.77. The van der Waals surface area contributed by atoms with E-state index in [2.05, 4.69) is 29.5 Å². The van der Waals surface area contributed by atoms with Crippen LogP contribution in [0.1, 0.15) is 81.7 Å². The van der Waals surface area contributed by atoms with E-state index in [1.807, 2.05) is 0 Å². The van der Waals surface area contributed by atoms with E-state index in [-0.39, 0.29) is 11.7 Å². The lowest BCUT2D eigenvalue weighted by Gasteiger charge is -2.40. The SMILES string of the molecule is CC1(C)CCCC(N[C@@H]2CCCC[C@@H]2n2cc(C(=O)O)nn2)C1. The topological polar surface area (TPSA) is 80.0 Å². The summed E-state index contributed by atoms with van der Waals surface area (Å²) in [4.78, 5) is 11.0. The Morgan fingerprint density at radius 1 is 1.30 bits per heavy atom. The minimum atomic E-state index is -1.01. The van der Waals surface area contributed by atoms with Gasteiger partial charge in [0.1, 0.15) is 0 Å². The van der Waals surface area contributed by atoms with Crippen molar-refractivity contribution in [2.75, 3.05) is 0 Å². The molecule has 0 amide bonds. The number of aromatic nitrogens is 3. The Balaban J connectivity index is 1.69. The standard InChI is InChI=1S/C17H28N4O2/c1-17(2)9-5-6-12(10-17)18-13-7-3-4-8-15(13)21-11-14(16(22)23)19-20-21/h11-13,15,18H,3-10H2,1-2H3,(H,22,23)/t12?,13-,15+/m1/s1. The Hall–Kier alpha value is -1.43. The molecule has 2 saturated carbocycles. The fourth-order valence-electron chi connectivity index (χ4n) is 4.30.